The van der Waals surface area contributed by atoms with E-state index in [2.05, 4.69) is 46.0 Å². The van der Waals surface area contributed by atoms with Crippen molar-refractivity contribution in [1.82, 2.24) is 0 Å². The van der Waals surface area contributed by atoms with Crippen LogP contribution in [0.5, 0.6) is 0 Å². The molecule has 0 rings (SSSR count). The summed E-state index contributed by atoms with van der Waals surface area (Å²) < 4.78 is 0.427. The van der Waals surface area contributed by atoms with Gasteiger partial charge in [0.1, 0.15) is 6.54 Å². The number of thiocarbonyl (C=S) groups is 1. The van der Waals surface area contributed by atoms with E-state index in [0.29, 0.717) is 0 Å². The van der Waals surface area contributed by atoms with Gasteiger partial charge >= 0.3 is 0 Å². The van der Waals surface area contributed by atoms with Crippen LogP contribution in [0, 0.1) is 0 Å². The highest BCUT2D eigenvalue weighted by Gasteiger charge is 2.02. The molecule has 0 heterocycles. The molecule has 68 valence electrons. The number of rotatable bonds is 2. The van der Waals surface area contributed by atoms with Gasteiger partial charge in [-0.05, 0) is 0 Å². The van der Waals surface area contributed by atoms with Crippen molar-refractivity contribution >= 4 is 29.2 Å². The van der Waals surface area contributed by atoms with Gasteiger partial charge in [0.2, 0.25) is 0 Å². The van der Waals surface area contributed by atoms with Gasteiger partial charge in [-0.25, -0.2) is 0 Å². The molecule has 0 aliphatic rings. The molecule has 2 N–H and O–H groups in total. The zero-order chi connectivity index (χ0) is 9.49. The molecule has 3 nitrogen and oxygen atoms in total. The van der Waals surface area contributed by atoms with Crippen LogP contribution >= 0.6 is 12.2 Å². The average Bonchev–Trinajstić information content (AvgIpc) is 1.58. The van der Waals surface area contributed by atoms with E-state index in [0.717, 1.165) is 11.0 Å². The van der Waals surface area contributed by atoms with Crippen LogP contribution in [0.15, 0.2) is 0 Å². The highest BCUT2D eigenvalue weighted by atomic mass is 32.1. The Morgan fingerprint density at radius 3 is 1.73 bits per heavy atom. The molecule has 0 spiro atoms. The second-order valence-electron chi connectivity index (χ2n) is 3.00. The van der Waals surface area contributed by atoms with Gasteiger partial charge in [0.25, 0.3) is 0 Å². The summed E-state index contributed by atoms with van der Waals surface area (Å²) in [6, 6.07) is 0. The van der Waals surface area contributed by atoms with E-state index >= 15 is 0 Å². The molecular formula is C6H15NO2S2. The molecule has 0 atom stereocenters. The Morgan fingerprint density at radius 2 is 1.73 bits per heavy atom. The number of quaternary nitrogens is 1. The van der Waals surface area contributed by atoms with Gasteiger partial charge in [0, 0.05) is 4.38 Å². The van der Waals surface area contributed by atoms with Crippen LogP contribution in [0.3, 0.4) is 0 Å². The minimum atomic E-state index is -0.417. The summed E-state index contributed by atoms with van der Waals surface area (Å²) in [5.74, 6) is 0. The molecule has 0 amide bonds. The summed E-state index contributed by atoms with van der Waals surface area (Å²) in [7, 11) is 6.16. The Morgan fingerprint density at radius 1 is 1.45 bits per heavy atom. The van der Waals surface area contributed by atoms with Crippen LogP contribution in [0.2, 0.25) is 0 Å². The van der Waals surface area contributed by atoms with Crippen molar-refractivity contribution in [1.29, 1.82) is 0 Å². The maximum absolute atomic E-state index is 8.39. The molecule has 11 heavy (non-hydrogen) atoms. The zero-order valence-electron chi connectivity index (χ0n) is 7.07. The van der Waals surface area contributed by atoms with Crippen molar-refractivity contribution in [2.24, 2.45) is 0 Å². The lowest BCUT2D eigenvalue weighted by Crippen LogP contribution is -2.36. The first-order valence-corrected chi connectivity index (χ1v) is 3.92. The fourth-order valence-corrected chi connectivity index (χ4v) is 0.300. The van der Waals surface area contributed by atoms with E-state index in [-0.39, 0.29) is 6.61 Å². The molecular weight excluding hydrogens is 182 g/mol. The van der Waals surface area contributed by atoms with Gasteiger partial charge in [-0.3, -0.25) is 0 Å². The quantitative estimate of drug-likeness (QED) is 0.373. The van der Waals surface area contributed by atoms with Gasteiger partial charge in [0.05, 0.1) is 27.7 Å². The third-order valence-electron chi connectivity index (χ3n) is 0.771. The maximum atomic E-state index is 8.39. The van der Waals surface area contributed by atoms with Gasteiger partial charge in [0.15, 0.2) is 0 Å². The van der Waals surface area contributed by atoms with Crippen LogP contribution in [0.4, 0.5) is 0 Å². The highest BCUT2D eigenvalue weighted by Crippen LogP contribution is 1.84. The van der Waals surface area contributed by atoms with Crippen molar-refractivity contribution in [3.05, 3.63) is 0 Å². The third kappa shape index (κ3) is 39.8. The highest BCUT2D eigenvalue weighted by molar-refractivity contribution is 7.99. The molecule has 0 saturated heterocycles. The van der Waals surface area contributed by atoms with Crippen LogP contribution < -0.4 is 0 Å². The number of aliphatic hydroxyl groups is 2. The lowest BCUT2D eigenvalue weighted by atomic mass is 10.5. The van der Waals surface area contributed by atoms with Crippen LogP contribution in [0.1, 0.15) is 0 Å². The summed E-state index contributed by atoms with van der Waals surface area (Å²) in [5, 5.41) is 16.0. The van der Waals surface area contributed by atoms with Crippen LogP contribution in [0.25, 0.3) is 0 Å². The molecule has 0 radical (unpaired) electrons. The minimum absolute atomic E-state index is 0.281. The Kier molecular flexibility index (Phi) is 8.32. The molecule has 0 aromatic rings. The third-order valence-corrected chi connectivity index (χ3v) is 0.771. The van der Waals surface area contributed by atoms with Crippen LogP contribution in [-0.2, 0) is 12.6 Å². The zero-order valence-corrected chi connectivity index (χ0v) is 8.71. The van der Waals surface area contributed by atoms with Crippen molar-refractivity contribution in [3.63, 3.8) is 0 Å². The normalized spacial score (nSPS) is 9.82. The van der Waals surface area contributed by atoms with E-state index in [1.54, 1.807) is 0 Å². The van der Waals surface area contributed by atoms with E-state index in [4.69, 9.17) is 10.2 Å². The minimum Gasteiger partial charge on any atom is -0.528 e. The summed E-state index contributed by atoms with van der Waals surface area (Å²) in [6.45, 7) is 1.11. The second-order valence-corrected chi connectivity index (χ2v) is 4.04. The average molecular weight is 197 g/mol. The van der Waals surface area contributed by atoms with Gasteiger partial charge in [-0.2, -0.15) is 0 Å². The predicted molar refractivity (Wildman–Crippen MR) is 52.6 cm³/mol. The molecule has 5 heteroatoms. The van der Waals surface area contributed by atoms with Crippen molar-refractivity contribution < 1.29 is 14.7 Å². The second kappa shape index (κ2) is 6.72. The Bertz CT molecular complexity index is 108. The maximum Gasteiger partial charge on any atom is 0.101 e. The molecule has 0 aromatic carbocycles. The first kappa shape index (κ1) is 13.6. The molecule has 0 aromatic heterocycles. The van der Waals surface area contributed by atoms with Crippen molar-refractivity contribution in [2.75, 3.05) is 34.3 Å². The van der Waals surface area contributed by atoms with Crippen LogP contribution in [-0.4, -0.2) is 53.4 Å². The number of likely N-dealkylation sites (N-methyl/N-ethyl adjacent to an activating group) is 1. The molecule has 0 fully saturated rings. The Labute approximate surface area is 78.6 Å². The lowest BCUT2D eigenvalue weighted by molar-refractivity contribution is -0.870. The first-order chi connectivity index (χ1) is 4.79. The standard InChI is InChI=1S/C5H14NO.CH2OS2/c1-6(2,3)4-5-7;2-1(3)4/h7H,4-5H2,1-3H3;(H2,2,3,4)/q+1;/p-1. The summed E-state index contributed by atoms with van der Waals surface area (Å²) in [6.07, 6.45) is 0. The van der Waals surface area contributed by atoms with Crippen molar-refractivity contribution in [2.45, 2.75) is 0 Å². The largest absolute Gasteiger partial charge is 0.528 e. The lowest BCUT2D eigenvalue weighted by Gasteiger charge is -2.21. The number of hydrogen-bond acceptors (Lipinski definition) is 3. The topological polar surface area (TPSA) is 40.5 Å². The summed E-state index contributed by atoms with van der Waals surface area (Å²) >= 11 is 7.81. The molecule has 0 aliphatic carbocycles. The fourth-order valence-electron chi connectivity index (χ4n) is 0.300. The fraction of sp³-hybridized carbons (Fsp3) is 0.833. The van der Waals surface area contributed by atoms with Crippen molar-refractivity contribution in [3.8, 4) is 0 Å². The number of hydrogen-bond donors (Lipinski definition) is 2. The molecule has 0 aliphatic heterocycles. The van der Waals surface area contributed by atoms with E-state index < -0.39 is 4.38 Å². The predicted octanol–water partition coefficient (Wildman–Crippen LogP) is 0.0611. The number of nitrogens with zero attached hydrogens (tertiary/aromatic N) is 1. The summed E-state index contributed by atoms with van der Waals surface area (Å²) in [5.41, 5.74) is 0. The summed E-state index contributed by atoms with van der Waals surface area (Å²) in [4.78, 5) is 0. The van der Waals surface area contributed by atoms with E-state index in [9.17, 15) is 0 Å². The van der Waals surface area contributed by atoms with E-state index in [1.807, 2.05) is 0 Å². The monoisotopic (exact) mass is 197 g/mol. The van der Waals surface area contributed by atoms with Gasteiger partial charge < -0.3 is 39.5 Å². The smallest absolute Gasteiger partial charge is 0.101 e. The van der Waals surface area contributed by atoms with Gasteiger partial charge in [-0.1, -0.05) is 0 Å². The first-order valence-electron chi connectivity index (χ1n) is 3.11. The van der Waals surface area contributed by atoms with E-state index in [1.165, 1.54) is 0 Å². The number of aliphatic hydroxyl groups excluding tert-OH is 2. The Hall–Kier alpha value is 0.0300. The Balaban J connectivity index is 0. The molecule has 0 bridgehead atoms. The molecule has 0 saturated carbocycles. The van der Waals surface area contributed by atoms with Gasteiger partial charge in [-0.15, -0.1) is 0 Å². The molecule has 0 unspecified atom stereocenters. The SMILES string of the molecule is C[N+](C)(C)CCO.OC(=S)[S-].